The first kappa shape index (κ1) is 32.7. The lowest BCUT2D eigenvalue weighted by Gasteiger charge is -2.35. The minimum absolute atomic E-state index is 0.334. The van der Waals surface area contributed by atoms with E-state index in [0.29, 0.717) is 59.0 Å². The van der Waals surface area contributed by atoms with E-state index >= 15 is 0 Å². The molecular weight excluding hydrogens is 584 g/mol. The van der Waals surface area contributed by atoms with Crippen LogP contribution >= 0.6 is 0 Å². The van der Waals surface area contributed by atoms with Gasteiger partial charge in [-0.15, -0.1) is 0 Å². The molecule has 4 amide bonds. The summed E-state index contributed by atoms with van der Waals surface area (Å²) in [7, 11) is 0. The molecule has 46 heavy (non-hydrogen) atoms. The highest BCUT2D eigenvalue weighted by Crippen LogP contribution is 2.38. The van der Waals surface area contributed by atoms with Gasteiger partial charge in [-0.2, -0.15) is 0 Å². The van der Waals surface area contributed by atoms with E-state index in [1.165, 1.54) is 9.80 Å². The third kappa shape index (κ3) is 6.60. The van der Waals surface area contributed by atoms with Crippen molar-refractivity contribution >= 4 is 34.4 Å². The first-order chi connectivity index (χ1) is 22.4. The van der Waals surface area contributed by atoms with Crippen molar-refractivity contribution in [1.82, 2.24) is 29.4 Å². The van der Waals surface area contributed by atoms with Crippen LogP contribution in [0.2, 0.25) is 0 Å². The topological polar surface area (TPSA) is 143 Å². The molecule has 2 fully saturated rings. The fourth-order valence-corrected chi connectivity index (χ4v) is 7.43. The number of nitrogens with zero attached hydrogens (tertiary/aromatic N) is 6. The van der Waals surface area contributed by atoms with Gasteiger partial charge in [0.15, 0.2) is 0 Å². The second kappa shape index (κ2) is 14.7. The summed E-state index contributed by atoms with van der Waals surface area (Å²) in [6.45, 7) is 14.5. The molecule has 12 nitrogen and oxygen atoms in total. The molecule has 6 N–H and O–H groups in total. The number of piperazine rings is 2. The molecule has 0 atom stereocenters. The van der Waals surface area contributed by atoms with Crippen LogP contribution < -0.4 is 11.5 Å². The lowest BCUT2D eigenvalue weighted by Crippen LogP contribution is -2.52. The van der Waals surface area contributed by atoms with Crippen LogP contribution in [0, 0.1) is 0 Å². The summed E-state index contributed by atoms with van der Waals surface area (Å²) in [5.74, 6) is -1.41. The van der Waals surface area contributed by atoms with E-state index in [1.807, 2.05) is 0 Å². The van der Waals surface area contributed by atoms with Crippen molar-refractivity contribution < 1.29 is 30.6 Å². The summed E-state index contributed by atoms with van der Waals surface area (Å²) in [4.78, 5) is 67.0. The fraction of sp³-hybridized carbons (Fsp3) is 0.588. The SMILES string of the molecule is [NH3+]CCCN1CCN(CCCN2C(=O)c3ccc4c5c(ccc(c35)C2=O)C(=O)N(CCCN2CCN(CCC[NH3+])CC2)C4=O)CC1. The van der Waals surface area contributed by atoms with Crippen molar-refractivity contribution in [2.75, 3.05) is 105 Å². The third-order valence-corrected chi connectivity index (χ3v) is 10.2. The largest absolute Gasteiger partial charge is 0.358 e. The first-order valence-electron chi connectivity index (χ1n) is 17.2. The van der Waals surface area contributed by atoms with Crippen LogP contribution in [0.3, 0.4) is 0 Å². The van der Waals surface area contributed by atoms with Crippen LogP contribution in [0.1, 0.15) is 67.1 Å². The van der Waals surface area contributed by atoms with Gasteiger partial charge in [0.2, 0.25) is 0 Å². The zero-order valence-corrected chi connectivity index (χ0v) is 27.2. The molecule has 0 unspecified atom stereocenters. The predicted molar refractivity (Wildman–Crippen MR) is 174 cm³/mol. The van der Waals surface area contributed by atoms with Crippen LogP contribution in [0.5, 0.6) is 0 Å². The average molecular weight is 635 g/mol. The molecule has 2 saturated heterocycles. The van der Waals surface area contributed by atoms with Crippen LogP contribution in [0.15, 0.2) is 24.3 Å². The molecule has 0 spiro atoms. The van der Waals surface area contributed by atoms with Crippen molar-refractivity contribution in [2.45, 2.75) is 25.7 Å². The number of hydrogen-bond donors (Lipinski definition) is 2. The number of rotatable bonds is 14. The molecule has 12 heteroatoms. The lowest BCUT2D eigenvalue weighted by atomic mass is 9.86. The summed E-state index contributed by atoms with van der Waals surface area (Å²) in [5, 5.41) is 0.885. The van der Waals surface area contributed by atoms with E-state index < -0.39 is 0 Å². The fourth-order valence-electron chi connectivity index (χ4n) is 7.43. The Morgan fingerprint density at radius 2 is 0.674 bits per heavy atom. The van der Waals surface area contributed by atoms with Crippen LogP contribution in [0.25, 0.3) is 10.8 Å². The molecule has 0 aromatic heterocycles. The molecule has 4 aliphatic heterocycles. The Morgan fingerprint density at radius 3 is 0.935 bits per heavy atom. The van der Waals surface area contributed by atoms with Crippen molar-refractivity contribution in [3.8, 4) is 0 Å². The Balaban J connectivity index is 1.08. The molecule has 0 radical (unpaired) electrons. The van der Waals surface area contributed by atoms with Crippen molar-refractivity contribution in [3.05, 3.63) is 46.5 Å². The van der Waals surface area contributed by atoms with Gasteiger partial charge in [0, 0.05) is 124 Å². The molecule has 0 aliphatic carbocycles. The Labute approximate surface area is 271 Å². The molecule has 2 aromatic rings. The van der Waals surface area contributed by atoms with Gasteiger partial charge in [0.05, 0.1) is 13.1 Å². The monoisotopic (exact) mass is 634 g/mol. The Bertz CT molecular complexity index is 1290. The highest BCUT2D eigenvalue weighted by molar-refractivity contribution is 6.33. The maximum atomic E-state index is 13.6. The van der Waals surface area contributed by atoms with E-state index in [4.69, 9.17) is 0 Å². The van der Waals surface area contributed by atoms with Gasteiger partial charge in [-0.05, 0) is 50.2 Å². The van der Waals surface area contributed by atoms with Gasteiger partial charge in [0.1, 0.15) is 0 Å². The minimum atomic E-state index is -0.354. The van der Waals surface area contributed by atoms with Gasteiger partial charge in [-0.25, -0.2) is 0 Å². The minimum Gasteiger partial charge on any atom is -0.358 e. The quantitative estimate of drug-likeness (QED) is 0.260. The second-order valence-corrected chi connectivity index (χ2v) is 13.1. The Hall–Kier alpha value is -3.26. The Kier molecular flexibility index (Phi) is 10.4. The number of amides is 4. The number of carbonyl (C=O) groups excluding carboxylic acids is 4. The van der Waals surface area contributed by atoms with E-state index in [9.17, 15) is 19.2 Å². The zero-order valence-electron chi connectivity index (χ0n) is 27.2. The van der Waals surface area contributed by atoms with Crippen molar-refractivity contribution in [2.24, 2.45) is 0 Å². The van der Waals surface area contributed by atoms with Gasteiger partial charge in [-0.3, -0.25) is 29.0 Å². The number of carbonyl (C=O) groups is 4. The maximum absolute atomic E-state index is 13.6. The van der Waals surface area contributed by atoms with E-state index in [-0.39, 0.29) is 23.6 Å². The molecule has 4 aliphatic rings. The Morgan fingerprint density at radius 1 is 0.413 bits per heavy atom. The molecule has 0 saturated carbocycles. The highest BCUT2D eigenvalue weighted by Gasteiger charge is 2.39. The van der Waals surface area contributed by atoms with E-state index in [1.54, 1.807) is 24.3 Å². The summed E-state index contributed by atoms with van der Waals surface area (Å²) in [6, 6.07) is 6.66. The highest BCUT2D eigenvalue weighted by atomic mass is 16.2. The smallest absolute Gasteiger partial charge is 0.261 e. The van der Waals surface area contributed by atoms with E-state index in [0.717, 1.165) is 104 Å². The van der Waals surface area contributed by atoms with Crippen LogP contribution in [-0.4, -0.2) is 158 Å². The molecule has 4 heterocycles. The van der Waals surface area contributed by atoms with Gasteiger partial charge >= 0.3 is 0 Å². The maximum Gasteiger partial charge on any atom is 0.261 e. The second-order valence-electron chi connectivity index (χ2n) is 13.1. The molecule has 2 aromatic carbocycles. The van der Waals surface area contributed by atoms with Crippen LogP contribution in [-0.2, 0) is 0 Å². The van der Waals surface area contributed by atoms with Crippen LogP contribution in [0.4, 0.5) is 0 Å². The standard InChI is InChI=1S/C34H48N8O4/c35-9-1-11-37-17-21-39(22-18-37)13-3-15-41-31(43)25-5-7-27-30-28(8-6-26(29(25)30)32(41)44)34(46)42(33(27)45)16-4-14-40-23-19-38(20-24-40)12-2-10-36/h5-8H,1-4,9-24,35-36H2/p+2. The molecule has 0 bridgehead atoms. The number of benzene rings is 2. The molecular formula is C34H50N8O4+2. The van der Waals surface area contributed by atoms with E-state index in [2.05, 4.69) is 31.1 Å². The predicted octanol–water partition coefficient (Wildman–Crippen LogP) is -0.689. The normalized spacial score (nSPS) is 20.0. The molecule has 248 valence electrons. The number of quaternary nitrogens is 2. The summed E-state index contributed by atoms with van der Waals surface area (Å²) < 4.78 is 0. The van der Waals surface area contributed by atoms with Gasteiger partial charge in [-0.1, -0.05) is 0 Å². The average Bonchev–Trinajstić information content (AvgIpc) is 3.08. The summed E-state index contributed by atoms with van der Waals surface area (Å²) in [5.41, 5.74) is 9.41. The third-order valence-electron chi connectivity index (χ3n) is 10.2. The van der Waals surface area contributed by atoms with Gasteiger partial charge < -0.3 is 31.1 Å². The zero-order chi connectivity index (χ0) is 32.2. The summed E-state index contributed by atoms with van der Waals surface area (Å²) in [6.07, 6.45) is 3.63. The lowest BCUT2D eigenvalue weighted by molar-refractivity contribution is -0.369. The van der Waals surface area contributed by atoms with Gasteiger partial charge in [0.25, 0.3) is 23.6 Å². The summed E-state index contributed by atoms with van der Waals surface area (Å²) >= 11 is 0. The number of imide groups is 2. The first-order valence-corrected chi connectivity index (χ1v) is 17.2. The van der Waals surface area contributed by atoms with Crippen molar-refractivity contribution in [1.29, 1.82) is 0 Å². The number of hydrogen-bond acceptors (Lipinski definition) is 8. The molecule has 6 rings (SSSR count). The van der Waals surface area contributed by atoms with Crippen molar-refractivity contribution in [3.63, 3.8) is 0 Å².